The highest BCUT2D eigenvalue weighted by molar-refractivity contribution is 8.03. The molecule has 1 amide bonds. The van der Waals surface area contributed by atoms with Gasteiger partial charge in [-0.2, -0.15) is 0 Å². The number of rotatable bonds is 2. The zero-order valence-electron chi connectivity index (χ0n) is 10.6. The zero-order chi connectivity index (χ0) is 13.4. The lowest BCUT2D eigenvalue weighted by molar-refractivity contribution is -0.126. The summed E-state index contributed by atoms with van der Waals surface area (Å²) in [5, 5.41) is 16.0. The molecule has 2 heterocycles. The Kier molecular flexibility index (Phi) is 3.24. The first kappa shape index (κ1) is 12.6. The fourth-order valence-corrected chi connectivity index (χ4v) is 3.71. The summed E-state index contributed by atoms with van der Waals surface area (Å²) >= 11 is 1.73. The van der Waals surface area contributed by atoms with Crippen molar-refractivity contribution >= 4 is 17.7 Å². The van der Waals surface area contributed by atoms with Crippen molar-refractivity contribution in [3.05, 3.63) is 40.8 Å². The van der Waals surface area contributed by atoms with Gasteiger partial charge in [0.25, 0.3) is 0 Å². The second kappa shape index (κ2) is 4.90. The molecule has 19 heavy (non-hydrogen) atoms. The number of carbonyl (C=O) groups is 1. The van der Waals surface area contributed by atoms with Gasteiger partial charge in [0.2, 0.25) is 5.91 Å². The van der Waals surface area contributed by atoms with Gasteiger partial charge in [-0.15, -0.1) is 11.8 Å². The summed E-state index contributed by atoms with van der Waals surface area (Å²) in [5.41, 5.74) is 0.873. The molecule has 3 rings (SSSR count). The van der Waals surface area contributed by atoms with E-state index in [0.29, 0.717) is 0 Å². The molecular weight excluding hydrogens is 260 g/mol. The quantitative estimate of drug-likeness (QED) is 0.774. The van der Waals surface area contributed by atoms with E-state index in [1.165, 1.54) is 4.91 Å². The molecule has 5 heteroatoms. The Bertz CT molecular complexity index is 544. The number of nitrogens with one attached hydrogen (secondary N) is 2. The Labute approximate surface area is 116 Å². The molecule has 0 aromatic heterocycles. The number of amides is 1. The van der Waals surface area contributed by atoms with E-state index in [1.807, 2.05) is 6.07 Å². The molecule has 0 saturated carbocycles. The number of allylic oxidation sites excluding steroid dienone is 1. The van der Waals surface area contributed by atoms with Gasteiger partial charge in [0.05, 0.1) is 11.3 Å². The van der Waals surface area contributed by atoms with Crippen molar-refractivity contribution in [1.82, 2.24) is 10.6 Å². The van der Waals surface area contributed by atoms with Gasteiger partial charge >= 0.3 is 0 Å². The van der Waals surface area contributed by atoms with Gasteiger partial charge in [0, 0.05) is 0 Å². The number of benzene rings is 1. The lowest BCUT2D eigenvalue weighted by Gasteiger charge is -2.33. The third-order valence-electron chi connectivity index (χ3n) is 3.44. The van der Waals surface area contributed by atoms with Gasteiger partial charge in [-0.05, 0) is 29.0 Å². The lowest BCUT2D eigenvalue weighted by atomic mass is 10.0. The molecule has 0 radical (unpaired) electrons. The molecule has 0 spiro atoms. The molecule has 2 aliphatic heterocycles. The predicted molar refractivity (Wildman–Crippen MR) is 75.4 cm³/mol. The van der Waals surface area contributed by atoms with Crippen molar-refractivity contribution in [1.29, 1.82) is 0 Å². The predicted octanol–water partition coefficient (Wildman–Crippen LogP) is 2.09. The van der Waals surface area contributed by atoms with Gasteiger partial charge in [0.1, 0.15) is 11.9 Å². The monoisotopic (exact) mass is 276 g/mol. The van der Waals surface area contributed by atoms with E-state index in [1.54, 1.807) is 30.0 Å². The second-order valence-electron chi connectivity index (χ2n) is 4.75. The van der Waals surface area contributed by atoms with Crippen LogP contribution in [0.15, 0.2) is 35.2 Å². The first-order valence-electron chi connectivity index (χ1n) is 6.40. The maximum Gasteiger partial charge on any atom is 0.230 e. The zero-order valence-corrected chi connectivity index (χ0v) is 11.4. The van der Waals surface area contributed by atoms with Crippen LogP contribution in [-0.2, 0) is 4.79 Å². The summed E-state index contributed by atoms with van der Waals surface area (Å²) in [6.07, 6.45) is 2.78. The summed E-state index contributed by atoms with van der Waals surface area (Å²) in [7, 11) is 0. The van der Waals surface area contributed by atoms with Gasteiger partial charge in [-0.1, -0.05) is 25.1 Å². The van der Waals surface area contributed by atoms with Crippen LogP contribution >= 0.6 is 11.8 Å². The summed E-state index contributed by atoms with van der Waals surface area (Å²) in [6, 6.07) is 6.97. The van der Waals surface area contributed by atoms with Crippen molar-refractivity contribution in [2.45, 2.75) is 24.9 Å². The molecular formula is C14H16N2O2S. The number of fused-ring (bicyclic) bond motifs is 1. The number of aromatic hydroxyl groups is 1. The normalized spacial score (nSPS) is 29.6. The minimum atomic E-state index is -0.238. The highest BCUT2D eigenvalue weighted by atomic mass is 32.2. The number of phenolic OH excluding ortho intramolecular Hbond substituents is 1. The molecule has 1 aromatic rings. The topological polar surface area (TPSA) is 61.4 Å². The van der Waals surface area contributed by atoms with E-state index < -0.39 is 0 Å². The molecule has 3 N–H and O–H groups in total. The third-order valence-corrected chi connectivity index (χ3v) is 4.85. The first-order chi connectivity index (χ1) is 9.17. The van der Waals surface area contributed by atoms with Crippen LogP contribution in [0.25, 0.3) is 0 Å². The van der Waals surface area contributed by atoms with E-state index >= 15 is 0 Å². The minimum absolute atomic E-state index is 0.0491. The summed E-state index contributed by atoms with van der Waals surface area (Å²) in [6.45, 7) is 2.10. The average Bonchev–Trinajstić information content (AvgIpc) is 2.82. The van der Waals surface area contributed by atoms with Gasteiger partial charge in [-0.25, -0.2) is 0 Å². The average molecular weight is 276 g/mol. The molecule has 0 aliphatic carbocycles. The highest BCUT2D eigenvalue weighted by Gasteiger charge is 2.39. The molecule has 1 fully saturated rings. The van der Waals surface area contributed by atoms with Crippen molar-refractivity contribution in [2.24, 2.45) is 5.92 Å². The van der Waals surface area contributed by atoms with Crippen LogP contribution in [-0.4, -0.2) is 16.4 Å². The van der Waals surface area contributed by atoms with Crippen LogP contribution in [0.5, 0.6) is 5.75 Å². The SMILES string of the molecule is CCC1=CC2C(=O)NC(c3cccc(O)c3)NC2S1. The molecule has 4 nitrogen and oxygen atoms in total. The van der Waals surface area contributed by atoms with Crippen LogP contribution < -0.4 is 10.6 Å². The van der Waals surface area contributed by atoms with E-state index in [2.05, 4.69) is 23.6 Å². The molecule has 3 atom stereocenters. The van der Waals surface area contributed by atoms with E-state index in [-0.39, 0.29) is 29.1 Å². The summed E-state index contributed by atoms with van der Waals surface area (Å²) in [5.74, 6) is 0.170. The number of carbonyl (C=O) groups excluding carboxylic acids is 1. The maximum absolute atomic E-state index is 12.1. The van der Waals surface area contributed by atoms with Crippen molar-refractivity contribution in [3.8, 4) is 5.75 Å². The standard InChI is InChI=1S/C14H16N2O2S/c1-2-10-7-11-13(18)15-12(16-14(11)19-10)8-4-3-5-9(17)6-8/h3-7,11-12,14,16-17H,2H2,1H3,(H,15,18). The van der Waals surface area contributed by atoms with E-state index in [4.69, 9.17) is 0 Å². The fraction of sp³-hybridized carbons (Fsp3) is 0.357. The van der Waals surface area contributed by atoms with Crippen molar-refractivity contribution in [2.75, 3.05) is 0 Å². The molecule has 0 bridgehead atoms. The van der Waals surface area contributed by atoms with Crippen LogP contribution in [0.3, 0.4) is 0 Å². The van der Waals surface area contributed by atoms with Crippen molar-refractivity contribution in [3.63, 3.8) is 0 Å². The molecule has 3 unspecified atom stereocenters. The van der Waals surface area contributed by atoms with Crippen LogP contribution in [0.4, 0.5) is 0 Å². The summed E-state index contributed by atoms with van der Waals surface area (Å²) < 4.78 is 0. The van der Waals surface area contributed by atoms with Crippen LogP contribution in [0.2, 0.25) is 0 Å². The number of phenols is 1. The smallest absolute Gasteiger partial charge is 0.230 e. The van der Waals surface area contributed by atoms with E-state index in [9.17, 15) is 9.90 Å². The van der Waals surface area contributed by atoms with Crippen molar-refractivity contribution < 1.29 is 9.90 Å². The largest absolute Gasteiger partial charge is 0.508 e. The Morgan fingerprint density at radius 3 is 3.00 bits per heavy atom. The maximum atomic E-state index is 12.1. The van der Waals surface area contributed by atoms with Gasteiger partial charge in [0.15, 0.2) is 0 Å². The third kappa shape index (κ3) is 2.35. The van der Waals surface area contributed by atoms with E-state index in [0.717, 1.165) is 12.0 Å². The van der Waals surface area contributed by atoms with Crippen LogP contribution in [0.1, 0.15) is 25.1 Å². The van der Waals surface area contributed by atoms with Crippen LogP contribution in [0, 0.1) is 5.92 Å². The lowest BCUT2D eigenvalue weighted by Crippen LogP contribution is -2.53. The first-order valence-corrected chi connectivity index (χ1v) is 7.28. The highest BCUT2D eigenvalue weighted by Crippen LogP contribution is 2.40. The van der Waals surface area contributed by atoms with Gasteiger partial charge in [-0.3, -0.25) is 10.1 Å². The number of hydrogen-bond acceptors (Lipinski definition) is 4. The molecule has 1 aromatic carbocycles. The summed E-state index contributed by atoms with van der Waals surface area (Å²) in [4.78, 5) is 13.4. The van der Waals surface area contributed by atoms with Gasteiger partial charge < -0.3 is 10.4 Å². The Morgan fingerprint density at radius 2 is 2.26 bits per heavy atom. The molecule has 100 valence electrons. The fourth-order valence-electron chi connectivity index (χ4n) is 2.44. The molecule has 1 saturated heterocycles. The Hall–Kier alpha value is -1.46. The molecule has 2 aliphatic rings. The second-order valence-corrected chi connectivity index (χ2v) is 6.02. The Morgan fingerprint density at radius 1 is 1.42 bits per heavy atom. The minimum Gasteiger partial charge on any atom is -0.508 e. The number of hydrogen-bond donors (Lipinski definition) is 3. The number of thioether (sulfide) groups is 1. The Balaban J connectivity index is 1.81.